The van der Waals surface area contributed by atoms with Gasteiger partial charge in [-0.2, -0.15) is 0 Å². The molecule has 6 heteroatoms. The van der Waals surface area contributed by atoms with Crippen LogP contribution in [0.15, 0.2) is 65.8 Å². The molecule has 30 heavy (non-hydrogen) atoms. The van der Waals surface area contributed by atoms with Crippen LogP contribution in [0.25, 0.3) is 0 Å². The number of hydrogen-bond donors (Lipinski definition) is 1. The monoisotopic (exact) mass is 405 g/mol. The van der Waals surface area contributed by atoms with Gasteiger partial charge in [-0.25, -0.2) is 0 Å². The quantitative estimate of drug-likeness (QED) is 0.734. The van der Waals surface area contributed by atoms with Crippen molar-refractivity contribution >= 4 is 17.5 Å². The molecule has 2 aromatic carbocycles. The Balaban J connectivity index is 1.36. The normalized spacial score (nSPS) is 20.4. The molecule has 2 heterocycles. The Morgan fingerprint density at radius 3 is 2.40 bits per heavy atom. The van der Waals surface area contributed by atoms with E-state index in [0.29, 0.717) is 25.9 Å². The maximum Gasteiger partial charge on any atom is 0.267 e. The number of oxime groups is 1. The highest BCUT2D eigenvalue weighted by Gasteiger charge is 2.34. The van der Waals surface area contributed by atoms with Crippen molar-refractivity contribution in [1.29, 1.82) is 0 Å². The van der Waals surface area contributed by atoms with E-state index < -0.39 is 6.10 Å². The average molecular weight is 405 g/mol. The van der Waals surface area contributed by atoms with Crippen molar-refractivity contribution in [3.05, 3.63) is 71.8 Å². The molecule has 1 saturated heterocycles. The Hall–Kier alpha value is -3.15. The minimum Gasteiger partial charge on any atom is -0.382 e. The number of nitrogens with zero attached hydrogens (tertiary/aromatic N) is 2. The van der Waals surface area contributed by atoms with Crippen LogP contribution in [-0.2, 0) is 27.4 Å². The van der Waals surface area contributed by atoms with Gasteiger partial charge in [0.15, 0.2) is 0 Å². The summed E-state index contributed by atoms with van der Waals surface area (Å²) in [4.78, 5) is 32.2. The zero-order valence-corrected chi connectivity index (χ0v) is 17.0. The van der Waals surface area contributed by atoms with Crippen molar-refractivity contribution < 1.29 is 14.4 Å². The van der Waals surface area contributed by atoms with Crippen molar-refractivity contribution in [2.24, 2.45) is 5.16 Å². The Morgan fingerprint density at radius 2 is 1.73 bits per heavy atom. The van der Waals surface area contributed by atoms with Gasteiger partial charge in [0, 0.05) is 32.0 Å². The highest BCUT2D eigenvalue weighted by atomic mass is 16.6. The van der Waals surface area contributed by atoms with Crippen molar-refractivity contribution in [1.82, 2.24) is 10.2 Å². The third-order valence-corrected chi connectivity index (χ3v) is 5.60. The molecule has 2 atom stereocenters. The van der Waals surface area contributed by atoms with Gasteiger partial charge in [-0.3, -0.25) is 9.59 Å². The SMILES string of the molecule is O=C1CC[C@@H](CN(Cc2ccccc2)C(=O)[C@H]2CC(CCc3ccccc3)=NO2)N1. The zero-order chi connectivity index (χ0) is 20.8. The first-order valence-electron chi connectivity index (χ1n) is 10.5. The van der Waals surface area contributed by atoms with Gasteiger partial charge in [0.25, 0.3) is 5.91 Å². The zero-order valence-electron chi connectivity index (χ0n) is 17.0. The van der Waals surface area contributed by atoms with Crippen molar-refractivity contribution in [3.63, 3.8) is 0 Å². The predicted octanol–water partition coefficient (Wildman–Crippen LogP) is 3.07. The van der Waals surface area contributed by atoms with E-state index in [2.05, 4.69) is 22.6 Å². The van der Waals surface area contributed by atoms with E-state index in [9.17, 15) is 9.59 Å². The van der Waals surface area contributed by atoms with Gasteiger partial charge < -0.3 is 15.1 Å². The van der Waals surface area contributed by atoms with Gasteiger partial charge in [-0.05, 0) is 30.4 Å². The second-order valence-electron chi connectivity index (χ2n) is 7.95. The Kier molecular flexibility index (Phi) is 6.42. The highest BCUT2D eigenvalue weighted by Crippen LogP contribution is 2.20. The fourth-order valence-corrected chi connectivity index (χ4v) is 3.96. The fraction of sp³-hybridized carbons (Fsp3) is 0.375. The number of carbonyl (C=O) groups is 2. The molecular weight excluding hydrogens is 378 g/mol. The number of benzene rings is 2. The van der Waals surface area contributed by atoms with Gasteiger partial charge in [-0.1, -0.05) is 65.8 Å². The molecule has 0 bridgehead atoms. The van der Waals surface area contributed by atoms with E-state index in [1.165, 1.54) is 5.56 Å². The van der Waals surface area contributed by atoms with Crippen LogP contribution >= 0.6 is 0 Å². The van der Waals surface area contributed by atoms with Crippen LogP contribution in [-0.4, -0.2) is 41.1 Å². The summed E-state index contributed by atoms with van der Waals surface area (Å²) in [5.74, 6) is -0.0192. The third-order valence-electron chi connectivity index (χ3n) is 5.60. The molecule has 4 rings (SSSR count). The molecule has 0 radical (unpaired) electrons. The van der Waals surface area contributed by atoms with E-state index >= 15 is 0 Å². The third kappa shape index (κ3) is 5.26. The van der Waals surface area contributed by atoms with Gasteiger partial charge in [0.05, 0.1) is 5.71 Å². The second-order valence-corrected chi connectivity index (χ2v) is 7.95. The molecule has 2 aromatic rings. The fourth-order valence-electron chi connectivity index (χ4n) is 3.96. The summed E-state index contributed by atoms with van der Waals surface area (Å²) in [7, 11) is 0. The molecule has 2 aliphatic rings. The minimum atomic E-state index is -0.586. The molecule has 1 N–H and O–H groups in total. The average Bonchev–Trinajstić information content (AvgIpc) is 3.42. The number of rotatable bonds is 8. The minimum absolute atomic E-state index is 0.00923. The summed E-state index contributed by atoms with van der Waals surface area (Å²) in [6.45, 7) is 0.976. The van der Waals surface area contributed by atoms with E-state index in [1.54, 1.807) is 4.90 Å². The van der Waals surface area contributed by atoms with Crippen LogP contribution in [0.2, 0.25) is 0 Å². The Labute approximate surface area is 176 Å². The molecule has 2 amide bonds. The molecule has 0 saturated carbocycles. The molecular formula is C24H27N3O3. The second kappa shape index (κ2) is 9.57. The summed E-state index contributed by atoms with van der Waals surface area (Å²) < 4.78 is 0. The number of carbonyl (C=O) groups excluding carboxylic acids is 2. The summed E-state index contributed by atoms with van der Waals surface area (Å²) in [5.41, 5.74) is 3.22. The van der Waals surface area contributed by atoms with Crippen LogP contribution < -0.4 is 5.32 Å². The lowest BCUT2D eigenvalue weighted by Crippen LogP contribution is -2.45. The van der Waals surface area contributed by atoms with Crippen molar-refractivity contribution in [3.8, 4) is 0 Å². The lowest BCUT2D eigenvalue weighted by atomic mass is 10.0. The van der Waals surface area contributed by atoms with E-state index in [0.717, 1.165) is 30.5 Å². The van der Waals surface area contributed by atoms with Crippen molar-refractivity contribution in [2.75, 3.05) is 6.54 Å². The van der Waals surface area contributed by atoms with Crippen LogP contribution in [0.1, 0.15) is 36.8 Å². The number of amides is 2. The molecule has 0 spiro atoms. The summed E-state index contributed by atoms with van der Waals surface area (Å²) in [6, 6.07) is 20.1. The number of aryl methyl sites for hydroxylation is 1. The number of hydrogen-bond acceptors (Lipinski definition) is 4. The van der Waals surface area contributed by atoms with E-state index in [4.69, 9.17) is 4.84 Å². The molecule has 2 aliphatic heterocycles. The lowest BCUT2D eigenvalue weighted by Gasteiger charge is -2.27. The van der Waals surface area contributed by atoms with E-state index in [1.807, 2.05) is 48.5 Å². The smallest absolute Gasteiger partial charge is 0.267 e. The standard InChI is InChI=1S/C24H27N3O3/c28-23-14-13-21(25-23)17-27(16-19-9-5-2-6-10-19)24(29)22-15-20(26-30-22)12-11-18-7-3-1-4-8-18/h1-10,21-22H,11-17H2,(H,25,28)/t21-,22+/m0/s1. The molecule has 0 aromatic heterocycles. The lowest BCUT2D eigenvalue weighted by molar-refractivity contribution is -0.143. The summed E-state index contributed by atoms with van der Waals surface area (Å²) in [6.07, 6.45) is 2.87. The van der Waals surface area contributed by atoms with Crippen LogP contribution in [0.3, 0.4) is 0 Å². The molecule has 1 fully saturated rings. The highest BCUT2D eigenvalue weighted by molar-refractivity contribution is 5.93. The Bertz CT molecular complexity index is 898. The molecule has 156 valence electrons. The maximum atomic E-state index is 13.3. The molecule has 0 unspecified atom stereocenters. The van der Waals surface area contributed by atoms with Gasteiger partial charge in [0.2, 0.25) is 12.0 Å². The summed E-state index contributed by atoms with van der Waals surface area (Å²) >= 11 is 0. The summed E-state index contributed by atoms with van der Waals surface area (Å²) in [5, 5.41) is 7.15. The van der Waals surface area contributed by atoms with Crippen LogP contribution in [0, 0.1) is 0 Å². The first-order chi connectivity index (χ1) is 14.7. The first kappa shape index (κ1) is 20.1. The molecule has 0 aliphatic carbocycles. The largest absolute Gasteiger partial charge is 0.382 e. The van der Waals surface area contributed by atoms with E-state index in [-0.39, 0.29) is 17.9 Å². The van der Waals surface area contributed by atoms with Gasteiger partial charge in [0.1, 0.15) is 0 Å². The Morgan fingerprint density at radius 1 is 1.03 bits per heavy atom. The van der Waals surface area contributed by atoms with Crippen LogP contribution in [0.4, 0.5) is 0 Å². The number of nitrogens with one attached hydrogen (secondary N) is 1. The van der Waals surface area contributed by atoms with Crippen molar-refractivity contribution in [2.45, 2.75) is 50.8 Å². The van der Waals surface area contributed by atoms with Crippen LogP contribution in [0.5, 0.6) is 0 Å². The predicted molar refractivity (Wildman–Crippen MR) is 115 cm³/mol. The molecule has 6 nitrogen and oxygen atoms in total. The van der Waals surface area contributed by atoms with Gasteiger partial charge >= 0.3 is 0 Å². The maximum absolute atomic E-state index is 13.3. The van der Waals surface area contributed by atoms with Gasteiger partial charge in [-0.15, -0.1) is 0 Å². The first-order valence-corrected chi connectivity index (χ1v) is 10.5. The topological polar surface area (TPSA) is 71.0 Å².